The molecule has 3 nitrogen and oxygen atoms in total. The van der Waals surface area contributed by atoms with Crippen LogP contribution in [-0.4, -0.2) is 11.1 Å². The Bertz CT molecular complexity index is 599. The molecule has 98 valence electrons. The first-order chi connectivity index (χ1) is 9.06. The van der Waals surface area contributed by atoms with E-state index in [2.05, 4.69) is 21.2 Å². The number of anilines is 1. The predicted octanol–water partition coefficient (Wildman–Crippen LogP) is 4.41. The van der Waals surface area contributed by atoms with Gasteiger partial charge in [-0.15, -0.1) is 0 Å². The predicted molar refractivity (Wildman–Crippen MR) is 79.9 cm³/mol. The number of rotatable bonds is 4. The van der Waals surface area contributed by atoms with Crippen molar-refractivity contribution in [2.75, 3.05) is 5.32 Å². The summed E-state index contributed by atoms with van der Waals surface area (Å²) in [6.07, 6.45) is 0. The Balaban J connectivity index is 2.07. The Morgan fingerprint density at radius 2 is 1.89 bits per heavy atom. The minimum atomic E-state index is -0.940. The van der Waals surface area contributed by atoms with E-state index in [4.69, 9.17) is 16.7 Å². The molecule has 2 aromatic rings. The lowest BCUT2D eigenvalue weighted by atomic mass is 10.2. The van der Waals surface area contributed by atoms with Crippen molar-refractivity contribution in [3.8, 4) is 0 Å². The van der Waals surface area contributed by atoms with E-state index in [1.165, 1.54) is 0 Å². The highest BCUT2D eigenvalue weighted by Gasteiger charge is 2.06. The van der Waals surface area contributed by atoms with Crippen molar-refractivity contribution in [2.45, 2.75) is 6.54 Å². The van der Waals surface area contributed by atoms with Gasteiger partial charge in [-0.3, -0.25) is 0 Å². The van der Waals surface area contributed by atoms with Crippen LogP contribution >= 0.6 is 27.5 Å². The van der Waals surface area contributed by atoms with Gasteiger partial charge in [0, 0.05) is 21.7 Å². The van der Waals surface area contributed by atoms with Gasteiger partial charge in [0.1, 0.15) is 0 Å². The molecule has 19 heavy (non-hydrogen) atoms. The third kappa shape index (κ3) is 3.72. The van der Waals surface area contributed by atoms with Gasteiger partial charge < -0.3 is 10.4 Å². The maximum absolute atomic E-state index is 10.8. The van der Waals surface area contributed by atoms with Crippen LogP contribution in [0.25, 0.3) is 0 Å². The Morgan fingerprint density at radius 3 is 2.47 bits per heavy atom. The topological polar surface area (TPSA) is 49.3 Å². The zero-order valence-corrected chi connectivity index (χ0v) is 12.2. The van der Waals surface area contributed by atoms with Gasteiger partial charge in [0.25, 0.3) is 0 Å². The van der Waals surface area contributed by atoms with Gasteiger partial charge >= 0.3 is 5.97 Å². The Morgan fingerprint density at radius 1 is 1.21 bits per heavy atom. The molecule has 0 atom stereocenters. The van der Waals surface area contributed by atoms with Crippen molar-refractivity contribution in [3.63, 3.8) is 0 Å². The summed E-state index contributed by atoms with van der Waals surface area (Å²) in [7, 11) is 0. The van der Waals surface area contributed by atoms with Crippen LogP contribution in [0.1, 0.15) is 15.9 Å². The molecule has 2 N–H and O–H groups in total. The van der Waals surface area contributed by atoms with Gasteiger partial charge in [-0.25, -0.2) is 4.79 Å². The fourth-order valence-electron chi connectivity index (χ4n) is 1.59. The van der Waals surface area contributed by atoms with Crippen LogP contribution in [0.15, 0.2) is 46.9 Å². The number of hydrogen-bond acceptors (Lipinski definition) is 2. The van der Waals surface area contributed by atoms with Gasteiger partial charge in [-0.05, 0) is 51.8 Å². The normalized spacial score (nSPS) is 10.2. The summed E-state index contributed by atoms with van der Waals surface area (Å²) in [6.45, 7) is 0.641. The summed E-state index contributed by atoms with van der Waals surface area (Å²) in [5.74, 6) is -0.940. The minimum absolute atomic E-state index is 0.254. The van der Waals surface area contributed by atoms with Crippen molar-refractivity contribution in [3.05, 3.63) is 63.1 Å². The second kappa shape index (κ2) is 6.08. The van der Waals surface area contributed by atoms with Gasteiger partial charge in [0.05, 0.1) is 5.56 Å². The van der Waals surface area contributed by atoms with Crippen LogP contribution in [0.5, 0.6) is 0 Å². The summed E-state index contributed by atoms with van der Waals surface area (Å²) in [5, 5.41) is 12.8. The molecule has 0 saturated heterocycles. The van der Waals surface area contributed by atoms with Crippen LogP contribution in [0.3, 0.4) is 0 Å². The van der Waals surface area contributed by atoms with Crippen molar-refractivity contribution < 1.29 is 9.90 Å². The average molecular weight is 341 g/mol. The monoisotopic (exact) mass is 339 g/mol. The standard InChI is InChI=1S/C14H11BrClNO2/c15-12-7-10(14(18)19)3-6-13(12)17-8-9-1-4-11(16)5-2-9/h1-7,17H,8H2,(H,18,19). The molecule has 0 aliphatic rings. The largest absolute Gasteiger partial charge is 0.478 e. The molecule has 0 heterocycles. The highest BCUT2D eigenvalue weighted by atomic mass is 79.9. The second-order valence-corrected chi connectivity index (χ2v) is 5.27. The first kappa shape index (κ1) is 13.9. The first-order valence-corrected chi connectivity index (χ1v) is 6.74. The van der Waals surface area contributed by atoms with E-state index in [-0.39, 0.29) is 5.56 Å². The fraction of sp³-hybridized carbons (Fsp3) is 0.0714. The summed E-state index contributed by atoms with van der Waals surface area (Å²) in [6, 6.07) is 12.4. The molecule has 0 radical (unpaired) electrons. The molecule has 0 unspecified atom stereocenters. The van der Waals surface area contributed by atoms with E-state index in [0.717, 1.165) is 15.7 Å². The SMILES string of the molecule is O=C(O)c1ccc(NCc2ccc(Cl)cc2)c(Br)c1. The smallest absolute Gasteiger partial charge is 0.335 e. The van der Waals surface area contributed by atoms with E-state index in [1.54, 1.807) is 18.2 Å². The second-order valence-electron chi connectivity index (χ2n) is 3.98. The van der Waals surface area contributed by atoms with Gasteiger partial charge in [0.15, 0.2) is 0 Å². The third-order valence-corrected chi connectivity index (χ3v) is 3.52. The summed E-state index contributed by atoms with van der Waals surface area (Å²) in [5.41, 5.74) is 2.20. The molecule has 0 fully saturated rings. The number of carboxylic acid groups (broad SMARTS) is 1. The van der Waals surface area contributed by atoms with Crippen molar-refractivity contribution >= 4 is 39.2 Å². The summed E-state index contributed by atoms with van der Waals surface area (Å²) < 4.78 is 0.723. The van der Waals surface area contributed by atoms with Crippen molar-refractivity contribution in [1.82, 2.24) is 0 Å². The first-order valence-electron chi connectivity index (χ1n) is 5.57. The Kier molecular flexibility index (Phi) is 4.45. The minimum Gasteiger partial charge on any atom is -0.478 e. The Hall–Kier alpha value is -1.52. The molecule has 2 aromatic carbocycles. The van der Waals surface area contributed by atoms with Crippen LogP contribution in [0.2, 0.25) is 5.02 Å². The number of benzene rings is 2. The lowest BCUT2D eigenvalue weighted by Crippen LogP contribution is -2.02. The van der Waals surface area contributed by atoms with E-state index in [0.29, 0.717) is 11.6 Å². The zero-order valence-electron chi connectivity index (χ0n) is 9.86. The van der Waals surface area contributed by atoms with Crippen molar-refractivity contribution in [1.29, 1.82) is 0 Å². The lowest BCUT2D eigenvalue weighted by Gasteiger charge is -2.09. The Labute approximate surface area is 124 Å². The highest BCUT2D eigenvalue weighted by Crippen LogP contribution is 2.24. The van der Waals surface area contributed by atoms with Gasteiger partial charge in [0.2, 0.25) is 0 Å². The van der Waals surface area contributed by atoms with Gasteiger partial charge in [-0.2, -0.15) is 0 Å². The molecular formula is C14H11BrClNO2. The molecule has 0 aliphatic heterocycles. The molecule has 0 spiro atoms. The molecule has 5 heteroatoms. The number of aromatic carboxylic acids is 1. The quantitative estimate of drug-likeness (QED) is 0.866. The van der Waals surface area contributed by atoms with Crippen LogP contribution < -0.4 is 5.32 Å². The third-order valence-electron chi connectivity index (χ3n) is 2.61. The molecule has 0 aliphatic carbocycles. The van der Waals surface area contributed by atoms with E-state index in [9.17, 15) is 4.79 Å². The zero-order chi connectivity index (χ0) is 13.8. The molecular weight excluding hydrogens is 330 g/mol. The van der Waals surface area contributed by atoms with Crippen LogP contribution in [-0.2, 0) is 6.54 Å². The van der Waals surface area contributed by atoms with Crippen molar-refractivity contribution in [2.24, 2.45) is 0 Å². The number of nitrogens with one attached hydrogen (secondary N) is 1. The number of carbonyl (C=O) groups is 1. The molecule has 2 rings (SSSR count). The van der Waals surface area contributed by atoms with Gasteiger partial charge in [-0.1, -0.05) is 23.7 Å². The number of hydrogen-bond donors (Lipinski definition) is 2. The summed E-state index contributed by atoms with van der Waals surface area (Å²) >= 11 is 9.17. The molecule has 0 saturated carbocycles. The van der Waals surface area contributed by atoms with Crippen LogP contribution in [0.4, 0.5) is 5.69 Å². The highest BCUT2D eigenvalue weighted by molar-refractivity contribution is 9.10. The molecule has 0 bridgehead atoms. The van der Waals surface area contributed by atoms with E-state index < -0.39 is 5.97 Å². The van der Waals surface area contributed by atoms with E-state index in [1.807, 2.05) is 24.3 Å². The summed E-state index contributed by atoms with van der Waals surface area (Å²) in [4.78, 5) is 10.8. The molecule has 0 amide bonds. The van der Waals surface area contributed by atoms with E-state index >= 15 is 0 Å². The average Bonchev–Trinajstić information content (AvgIpc) is 2.39. The molecule has 0 aromatic heterocycles. The number of carboxylic acids is 1. The lowest BCUT2D eigenvalue weighted by molar-refractivity contribution is 0.0697. The fourth-order valence-corrected chi connectivity index (χ4v) is 2.24. The maximum Gasteiger partial charge on any atom is 0.335 e. The number of halogens is 2. The van der Waals surface area contributed by atoms with Crippen LogP contribution in [0, 0.1) is 0 Å². The maximum atomic E-state index is 10.8.